The summed E-state index contributed by atoms with van der Waals surface area (Å²) < 4.78 is 10.9. The van der Waals surface area contributed by atoms with Crippen molar-refractivity contribution >= 4 is 23.0 Å². The van der Waals surface area contributed by atoms with Crippen LogP contribution in [0, 0.1) is 6.92 Å². The van der Waals surface area contributed by atoms with Gasteiger partial charge in [-0.3, -0.25) is 9.69 Å². The number of hydrogen-bond acceptors (Lipinski definition) is 6. The van der Waals surface area contributed by atoms with Gasteiger partial charge < -0.3 is 25.4 Å². The zero-order chi connectivity index (χ0) is 27.5. The molecular formula is C31H44N4O3. The Kier molecular flexibility index (Phi) is 11.2. The Morgan fingerprint density at radius 3 is 2.45 bits per heavy atom. The van der Waals surface area contributed by atoms with Crippen LogP contribution >= 0.6 is 0 Å². The highest BCUT2D eigenvalue weighted by molar-refractivity contribution is 5.92. The summed E-state index contributed by atoms with van der Waals surface area (Å²) in [4.78, 5) is 17.3. The van der Waals surface area contributed by atoms with Crippen molar-refractivity contribution < 1.29 is 14.3 Å². The standard InChI is InChI=1S/C31H44N4O3/c1-6-7-8-23(2)25(4)31(32)29-21-26(10-9-24(29)3)33-30(36)22-38-20-19-34-15-17-35(18-16-34)27-11-13-28(37-5)14-12-27/h8-14,21H,6-7,15-20,22,32H2,1-5H3,(H,33,36)/b23-8+,31-25+. The van der Waals surface area contributed by atoms with Gasteiger partial charge in [-0.1, -0.05) is 31.1 Å². The lowest BCUT2D eigenvalue weighted by Crippen LogP contribution is -2.47. The Labute approximate surface area is 228 Å². The third-order valence-corrected chi connectivity index (χ3v) is 7.14. The van der Waals surface area contributed by atoms with Crippen LogP contribution in [-0.4, -0.2) is 63.9 Å². The molecule has 1 saturated heterocycles. The minimum Gasteiger partial charge on any atom is -0.497 e. The number of nitrogens with two attached hydrogens (primary N) is 1. The lowest BCUT2D eigenvalue weighted by atomic mass is 9.98. The largest absolute Gasteiger partial charge is 0.497 e. The fourth-order valence-corrected chi connectivity index (χ4v) is 4.50. The van der Waals surface area contributed by atoms with Gasteiger partial charge in [0.2, 0.25) is 5.91 Å². The molecule has 2 aromatic carbocycles. The topological polar surface area (TPSA) is 80.1 Å². The molecule has 1 fully saturated rings. The second-order valence-corrected chi connectivity index (χ2v) is 9.87. The number of anilines is 2. The van der Waals surface area contributed by atoms with Crippen LogP contribution in [0.1, 0.15) is 44.7 Å². The monoisotopic (exact) mass is 520 g/mol. The molecule has 1 aliphatic heterocycles. The lowest BCUT2D eigenvalue weighted by Gasteiger charge is -2.36. The predicted octanol–water partition coefficient (Wildman–Crippen LogP) is 5.22. The molecule has 1 amide bonds. The minimum atomic E-state index is -0.164. The third kappa shape index (κ3) is 8.36. The molecule has 0 radical (unpaired) electrons. The van der Waals surface area contributed by atoms with E-state index in [2.05, 4.69) is 47.2 Å². The first-order valence-electron chi connectivity index (χ1n) is 13.6. The normalized spacial score (nSPS) is 15.3. The quantitative estimate of drug-likeness (QED) is 0.295. The van der Waals surface area contributed by atoms with Gasteiger partial charge in [0.15, 0.2) is 0 Å². The number of nitrogens with zero attached hydrogens (tertiary/aromatic N) is 2. The third-order valence-electron chi connectivity index (χ3n) is 7.14. The second-order valence-electron chi connectivity index (χ2n) is 9.87. The van der Waals surface area contributed by atoms with E-state index in [1.165, 1.54) is 11.3 Å². The Balaban J connectivity index is 1.43. The van der Waals surface area contributed by atoms with E-state index >= 15 is 0 Å². The van der Waals surface area contributed by atoms with Crippen LogP contribution < -0.4 is 20.7 Å². The van der Waals surface area contributed by atoms with Gasteiger partial charge in [-0.05, 0) is 74.7 Å². The van der Waals surface area contributed by atoms with E-state index in [1.54, 1.807) is 7.11 Å². The van der Waals surface area contributed by atoms with Gasteiger partial charge in [0, 0.05) is 55.4 Å². The Bertz CT molecular complexity index is 1120. The second kappa shape index (κ2) is 14.6. The molecular weight excluding hydrogens is 476 g/mol. The molecule has 206 valence electrons. The Hall–Kier alpha value is -3.29. The number of aryl methyl sites for hydroxylation is 1. The van der Waals surface area contributed by atoms with Gasteiger partial charge in [0.25, 0.3) is 0 Å². The molecule has 38 heavy (non-hydrogen) atoms. The van der Waals surface area contributed by atoms with Crippen LogP contribution in [-0.2, 0) is 9.53 Å². The molecule has 0 aromatic heterocycles. The number of carbonyl (C=O) groups is 1. The molecule has 7 nitrogen and oxygen atoms in total. The molecule has 0 atom stereocenters. The minimum absolute atomic E-state index is 0.0260. The number of nitrogens with one attached hydrogen (secondary N) is 1. The maximum Gasteiger partial charge on any atom is 0.250 e. The summed E-state index contributed by atoms with van der Waals surface area (Å²) >= 11 is 0. The van der Waals surface area contributed by atoms with Crippen molar-refractivity contribution in [2.45, 2.75) is 40.5 Å². The van der Waals surface area contributed by atoms with Gasteiger partial charge in [-0.25, -0.2) is 0 Å². The van der Waals surface area contributed by atoms with Crippen molar-refractivity contribution in [2.24, 2.45) is 5.73 Å². The summed E-state index contributed by atoms with van der Waals surface area (Å²) in [5.41, 5.74) is 13.5. The molecule has 0 aliphatic carbocycles. The van der Waals surface area contributed by atoms with E-state index in [9.17, 15) is 4.79 Å². The zero-order valence-corrected chi connectivity index (χ0v) is 23.7. The highest BCUT2D eigenvalue weighted by Gasteiger charge is 2.17. The van der Waals surface area contributed by atoms with Crippen molar-refractivity contribution in [3.8, 4) is 5.75 Å². The number of benzene rings is 2. The zero-order valence-electron chi connectivity index (χ0n) is 23.7. The van der Waals surface area contributed by atoms with Crippen LogP contribution in [0.5, 0.6) is 5.75 Å². The van der Waals surface area contributed by atoms with Crippen LogP contribution in [0.3, 0.4) is 0 Å². The summed E-state index contributed by atoms with van der Waals surface area (Å²) in [5, 5.41) is 2.95. The van der Waals surface area contributed by atoms with E-state index in [-0.39, 0.29) is 12.5 Å². The first kappa shape index (κ1) is 29.3. The lowest BCUT2D eigenvalue weighted by molar-refractivity contribution is -0.120. The number of hydrogen-bond donors (Lipinski definition) is 2. The molecule has 0 spiro atoms. The van der Waals surface area contributed by atoms with Gasteiger partial charge in [-0.15, -0.1) is 0 Å². The first-order chi connectivity index (χ1) is 18.3. The average molecular weight is 521 g/mol. The molecule has 1 heterocycles. The number of methoxy groups -OCH3 is 1. The summed E-state index contributed by atoms with van der Waals surface area (Å²) in [6.07, 6.45) is 4.36. The molecule has 3 rings (SSSR count). The highest BCUT2D eigenvalue weighted by atomic mass is 16.5. The van der Waals surface area contributed by atoms with Gasteiger partial charge in [0.1, 0.15) is 12.4 Å². The van der Waals surface area contributed by atoms with Crippen LogP contribution in [0.4, 0.5) is 11.4 Å². The van der Waals surface area contributed by atoms with Gasteiger partial charge in [0.05, 0.1) is 13.7 Å². The summed E-state index contributed by atoms with van der Waals surface area (Å²) in [7, 11) is 1.68. The smallest absolute Gasteiger partial charge is 0.250 e. The van der Waals surface area contributed by atoms with Gasteiger partial charge in [-0.2, -0.15) is 0 Å². The number of amides is 1. The Morgan fingerprint density at radius 2 is 1.79 bits per heavy atom. The van der Waals surface area contributed by atoms with E-state index < -0.39 is 0 Å². The fourth-order valence-electron chi connectivity index (χ4n) is 4.50. The summed E-state index contributed by atoms with van der Waals surface area (Å²) in [6.45, 7) is 13.6. The van der Waals surface area contributed by atoms with Crippen molar-refractivity contribution in [1.29, 1.82) is 0 Å². The van der Waals surface area contributed by atoms with Gasteiger partial charge >= 0.3 is 0 Å². The van der Waals surface area contributed by atoms with E-state index in [1.807, 2.05) is 44.2 Å². The number of unbranched alkanes of at least 4 members (excludes halogenated alkanes) is 1. The van der Waals surface area contributed by atoms with Crippen molar-refractivity contribution in [2.75, 3.05) is 63.3 Å². The average Bonchev–Trinajstić information content (AvgIpc) is 2.94. The molecule has 0 saturated carbocycles. The molecule has 1 aliphatic rings. The SMILES string of the molecule is CCC/C=C(C)/C(C)=C(/N)c1cc(NC(=O)COCCN2CCN(c3ccc(OC)cc3)CC2)ccc1C. The maximum absolute atomic E-state index is 12.5. The predicted molar refractivity (Wildman–Crippen MR) is 158 cm³/mol. The number of piperazine rings is 1. The Morgan fingerprint density at radius 1 is 1.08 bits per heavy atom. The highest BCUT2D eigenvalue weighted by Crippen LogP contribution is 2.25. The number of ether oxygens (including phenoxy) is 2. The first-order valence-corrected chi connectivity index (χ1v) is 13.6. The van der Waals surface area contributed by atoms with Crippen molar-refractivity contribution in [1.82, 2.24) is 4.90 Å². The summed E-state index contributed by atoms with van der Waals surface area (Å²) in [6, 6.07) is 14.0. The number of rotatable bonds is 12. The number of carbonyl (C=O) groups excluding carboxylic acids is 1. The molecule has 3 N–H and O–H groups in total. The van der Waals surface area contributed by atoms with Crippen molar-refractivity contribution in [3.05, 3.63) is 70.8 Å². The maximum atomic E-state index is 12.5. The molecule has 0 unspecified atom stereocenters. The molecule has 0 bridgehead atoms. The van der Waals surface area contributed by atoms with Crippen molar-refractivity contribution in [3.63, 3.8) is 0 Å². The molecule has 2 aromatic rings. The summed E-state index contributed by atoms with van der Waals surface area (Å²) in [5.74, 6) is 0.709. The fraction of sp³-hybridized carbons (Fsp3) is 0.452. The van der Waals surface area contributed by atoms with Crippen LogP contribution in [0.25, 0.3) is 5.70 Å². The number of allylic oxidation sites excluding steroid dienone is 3. The van der Waals surface area contributed by atoms with E-state index in [0.717, 1.165) is 79.4 Å². The van der Waals surface area contributed by atoms with E-state index in [4.69, 9.17) is 15.2 Å². The molecule has 7 heteroatoms. The van der Waals surface area contributed by atoms with Crippen LogP contribution in [0.15, 0.2) is 59.7 Å². The van der Waals surface area contributed by atoms with Crippen LogP contribution in [0.2, 0.25) is 0 Å². The van der Waals surface area contributed by atoms with E-state index in [0.29, 0.717) is 6.61 Å².